The highest BCUT2D eigenvalue weighted by Crippen LogP contribution is 2.26. The van der Waals surface area contributed by atoms with Gasteiger partial charge in [0.25, 0.3) is 0 Å². The van der Waals surface area contributed by atoms with E-state index < -0.39 is 0 Å². The first kappa shape index (κ1) is 14.3. The summed E-state index contributed by atoms with van der Waals surface area (Å²) in [5, 5.41) is 3.75. The standard InChI is InChI=1S/C15H31N3/c1-12(2)18(4)15-6-5-13(16-11-15)9-10-17(3)14-7-8-14/h12-16H,5-11H2,1-4H3/t13-,15-/m1/s1. The third-order valence-electron chi connectivity index (χ3n) is 4.88. The lowest BCUT2D eigenvalue weighted by Gasteiger charge is -2.38. The van der Waals surface area contributed by atoms with Crippen molar-refractivity contribution in [1.29, 1.82) is 0 Å². The molecule has 1 aliphatic heterocycles. The van der Waals surface area contributed by atoms with Crippen LogP contribution in [0.4, 0.5) is 0 Å². The summed E-state index contributed by atoms with van der Waals surface area (Å²) >= 11 is 0. The fourth-order valence-corrected chi connectivity index (χ4v) is 2.97. The highest BCUT2D eigenvalue weighted by molar-refractivity contribution is 4.86. The molecule has 1 saturated heterocycles. The highest BCUT2D eigenvalue weighted by Gasteiger charge is 2.28. The zero-order valence-corrected chi connectivity index (χ0v) is 12.7. The van der Waals surface area contributed by atoms with Crippen LogP contribution in [0, 0.1) is 0 Å². The minimum atomic E-state index is 0.661. The van der Waals surface area contributed by atoms with Crippen molar-refractivity contribution < 1.29 is 0 Å². The molecule has 1 N–H and O–H groups in total. The second-order valence-corrected chi connectivity index (χ2v) is 6.60. The highest BCUT2D eigenvalue weighted by atomic mass is 15.2. The van der Waals surface area contributed by atoms with E-state index in [2.05, 4.69) is 43.1 Å². The van der Waals surface area contributed by atoms with E-state index in [0.29, 0.717) is 6.04 Å². The van der Waals surface area contributed by atoms with Crippen LogP contribution >= 0.6 is 0 Å². The van der Waals surface area contributed by atoms with Gasteiger partial charge in [-0.05, 0) is 66.6 Å². The van der Waals surface area contributed by atoms with Crippen molar-refractivity contribution >= 4 is 0 Å². The summed E-state index contributed by atoms with van der Waals surface area (Å²) in [4.78, 5) is 5.06. The second kappa shape index (κ2) is 6.36. The number of piperidine rings is 1. The van der Waals surface area contributed by atoms with Crippen molar-refractivity contribution in [2.45, 2.75) is 70.1 Å². The van der Waals surface area contributed by atoms with Gasteiger partial charge in [0.15, 0.2) is 0 Å². The van der Waals surface area contributed by atoms with Crippen molar-refractivity contribution in [1.82, 2.24) is 15.1 Å². The zero-order chi connectivity index (χ0) is 13.1. The van der Waals surface area contributed by atoms with Crippen molar-refractivity contribution in [2.24, 2.45) is 0 Å². The van der Waals surface area contributed by atoms with Gasteiger partial charge in [-0.15, -0.1) is 0 Å². The summed E-state index contributed by atoms with van der Waals surface area (Å²) in [6.45, 7) is 7.02. The van der Waals surface area contributed by atoms with Crippen LogP contribution < -0.4 is 5.32 Å². The van der Waals surface area contributed by atoms with Gasteiger partial charge in [-0.25, -0.2) is 0 Å². The molecule has 3 heteroatoms. The Kier molecular flexibility index (Phi) is 5.05. The predicted molar refractivity (Wildman–Crippen MR) is 78.0 cm³/mol. The third kappa shape index (κ3) is 3.94. The van der Waals surface area contributed by atoms with Crippen LogP contribution in [0.1, 0.15) is 46.0 Å². The first-order chi connectivity index (χ1) is 8.58. The van der Waals surface area contributed by atoms with Crippen molar-refractivity contribution in [3.63, 3.8) is 0 Å². The number of hydrogen-bond donors (Lipinski definition) is 1. The number of nitrogens with zero attached hydrogens (tertiary/aromatic N) is 2. The molecule has 0 aromatic rings. The zero-order valence-electron chi connectivity index (χ0n) is 12.7. The predicted octanol–water partition coefficient (Wildman–Crippen LogP) is 1.93. The molecule has 0 amide bonds. The van der Waals surface area contributed by atoms with Crippen LogP contribution in [-0.2, 0) is 0 Å². The van der Waals surface area contributed by atoms with E-state index in [0.717, 1.165) is 18.1 Å². The maximum atomic E-state index is 3.75. The lowest BCUT2D eigenvalue weighted by Crippen LogP contribution is -2.50. The Labute approximate surface area is 113 Å². The lowest BCUT2D eigenvalue weighted by molar-refractivity contribution is 0.145. The maximum Gasteiger partial charge on any atom is 0.0220 e. The third-order valence-corrected chi connectivity index (χ3v) is 4.88. The summed E-state index contributed by atoms with van der Waals surface area (Å²) in [5.41, 5.74) is 0. The molecular weight excluding hydrogens is 222 g/mol. The number of rotatable bonds is 6. The Morgan fingerprint density at radius 3 is 2.22 bits per heavy atom. The van der Waals surface area contributed by atoms with E-state index in [1.807, 2.05) is 0 Å². The van der Waals surface area contributed by atoms with Gasteiger partial charge in [0.2, 0.25) is 0 Å². The van der Waals surface area contributed by atoms with Gasteiger partial charge in [-0.3, -0.25) is 4.90 Å². The molecule has 1 aliphatic carbocycles. The largest absolute Gasteiger partial charge is 0.312 e. The molecule has 2 fully saturated rings. The Balaban J connectivity index is 1.63. The van der Waals surface area contributed by atoms with Crippen LogP contribution in [0.15, 0.2) is 0 Å². The quantitative estimate of drug-likeness (QED) is 0.780. The van der Waals surface area contributed by atoms with Gasteiger partial charge < -0.3 is 10.2 Å². The maximum absolute atomic E-state index is 3.75. The minimum absolute atomic E-state index is 0.661. The summed E-state index contributed by atoms with van der Waals surface area (Å²) in [5.74, 6) is 0. The van der Waals surface area contributed by atoms with Gasteiger partial charge in [0.05, 0.1) is 0 Å². The Hall–Kier alpha value is -0.120. The smallest absolute Gasteiger partial charge is 0.0220 e. The summed E-state index contributed by atoms with van der Waals surface area (Å²) in [7, 11) is 4.55. The fraction of sp³-hybridized carbons (Fsp3) is 1.00. The van der Waals surface area contributed by atoms with Gasteiger partial charge in [-0.1, -0.05) is 0 Å². The molecule has 18 heavy (non-hydrogen) atoms. The molecule has 1 heterocycles. The van der Waals surface area contributed by atoms with Crippen molar-refractivity contribution in [3.8, 4) is 0 Å². The fourth-order valence-electron chi connectivity index (χ4n) is 2.97. The van der Waals surface area contributed by atoms with Crippen LogP contribution in [0.5, 0.6) is 0 Å². The van der Waals surface area contributed by atoms with E-state index in [1.54, 1.807) is 0 Å². The first-order valence-electron chi connectivity index (χ1n) is 7.73. The van der Waals surface area contributed by atoms with E-state index in [4.69, 9.17) is 0 Å². The van der Waals surface area contributed by atoms with E-state index >= 15 is 0 Å². The summed E-state index contributed by atoms with van der Waals surface area (Å²) in [6, 6.07) is 3.06. The molecular formula is C15H31N3. The lowest BCUT2D eigenvalue weighted by atomic mass is 9.97. The van der Waals surface area contributed by atoms with Crippen molar-refractivity contribution in [2.75, 3.05) is 27.2 Å². The van der Waals surface area contributed by atoms with E-state index in [9.17, 15) is 0 Å². The molecule has 2 atom stereocenters. The Bertz CT molecular complexity index is 242. The first-order valence-corrected chi connectivity index (χ1v) is 7.73. The average molecular weight is 253 g/mol. The number of hydrogen-bond acceptors (Lipinski definition) is 3. The van der Waals surface area contributed by atoms with E-state index in [-0.39, 0.29) is 0 Å². The van der Waals surface area contributed by atoms with Crippen LogP contribution in [0.25, 0.3) is 0 Å². The molecule has 0 unspecified atom stereocenters. The molecule has 0 spiro atoms. The summed E-state index contributed by atoms with van der Waals surface area (Å²) in [6.07, 6.45) is 6.89. The SMILES string of the molecule is CC(C)N(C)[C@@H]1CC[C@H](CCN(C)C2CC2)NC1. The molecule has 0 radical (unpaired) electrons. The second-order valence-electron chi connectivity index (χ2n) is 6.60. The van der Waals surface area contributed by atoms with Crippen LogP contribution in [0.3, 0.4) is 0 Å². The van der Waals surface area contributed by atoms with E-state index in [1.165, 1.54) is 45.2 Å². The molecule has 0 bridgehead atoms. The molecule has 106 valence electrons. The van der Waals surface area contributed by atoms with Gasteiger partial charge in [0.1, 0.15) is 0 Å². The monoisotopic (exact) mass is 253 g/mol. The van der Waals surface area contributed by atoms with Crippen LogP contribution in [-0.4, -0.2) is 61.2 Å². The minimum Gasteiger partial charge on any atom is -0.312 e. The normalized spacial score (nSPS) is 29.5. The van der Waals surface area contributed by atoms with Gasteiger partial charge in [0, 0.05) is 30.7 Å². The molecule has 2 rings (SSSR count). The Morgan fingerprint density at radius 1 is 1.06 bits per heavy atom. The molecule has 1 saturated carbocycles. The van der Waals surface area contributed by atoms with Crippen molar-refractivity contribution in [3.05, 3.63) is 0 Å². The Morgan fingerprint density at radius 2 is 1.72 bits per heavy atom. The molecule has 2 aliphatic rings. The van der Waals surface area contributed by atoms with Crippen LogP contribution in [0.2, 0.25) is 0 Å². The molecule has 3 nitrogen and oxygen atoms in total. The molecule has 0 aromatic heterocycles. The topological polar surface area (TPSA) is 18.5 Å². The summed E-state index contributed by atoms with van der Waals surface area (Å²) < 4.78 is 0. The van der Waals surface area contributed by atoms with Gasteiger partial charge in [-0.2, -0.15) is 0 Å². The molecule has 0 aromatic carbocycles. The number of likely N-dealkylation sites (N-methyl/N-ethyl adjacent to an activating group) is 1. The average Bonchev–Trinajstić information content (AvgIpc) is 3.20. The number of nitrogens with one attached hydrogen (secondary N) is 1. The van der Waals surface area contributed by atoms with Gasteiger partial charge >= 0.3 is 0 Å².